The fourth-order valence-corrected chi connectivity index (χ4v) is 4.16. The van der Waals surface area contributed by atoms with E-state index >= 15 is 0 Å². The van der Waals surface area contributed by atoms with Crippen LogP contribution in [0.1, 0.15) is 24.0 Å². The minimum absolute atomic E-state index is 0.0288. The summed E-state index contributed by atoms with van der Waals surface area (Å²) in [5.41, 5.74) is 4.36. The van der Waals surface area contributed by atoms with Crippen molar-refractivity contribution in [3.8, 4) is 22.6 Å². The van der Waals surface area contributed by atoms with Gasteiger partial charge in [0.1, 0.15) is 6.10 Å². The van der Waals surface area contributed by atoms with Crippen molar-refractivity contribution in [3.05, 3.63) is 83.9 Å². The molecule has 0 radical (unpaired) electrons. The fourth-order valence-electron chi connectivity index (χ4n) is 4.16. The smallest absolute Gasteiger partial charge is 0.252 e. The number of amides is 1. The molecule has 2 heterocycles. The van der Waals surface area contributed by atoms with Crippen molar-refractivity contribution in [2.24, 2.45) is 0 Å². The second-order valence-corrected chi connectivity index (χ2v) is 7.91. The molecule has 2 aliphatic heterocycles. The van der Waals surface area contributed by atoms with Gasteiger partial charge in [0.25, 0.3) is 5.91 Å². The van der Waals surface area contributed by atoms with E-state index in [9.17, 15) is 4.79 Å². The monoisotopic (exact) mass is 415 g/mol. The normalized spacial score (nSPS) is 17.0. The molecule has 0 saturated carbocycles. The summed E-state index contributed by atoms with van der Waals surface area (Å²) in [7, 11) is 0. The Morgan fingerprint density at radius 1 is 0.871 bits per heavy atom. The summed E-state index contributed by atoms with van der Waals surface area (Å²) >= 11 is 0. The van der Waals surface area contributed by atoms with Gasteiger partial charge in [0.2, 0.25) is 6.79 Å². The van der Waals surface area contributed by atoms with Gasteiger partial charge in [-0.25, -0.2) is 0 Å². The highest BCUT2D eigenvalue weighted by atomic mass is 16.7. The summed E-state index contributed by atoms with van der Waals surface area (Å²) in [5, 5.41) is 0. The van der Waals surface area contributed by atoms with E-state index in [1.807, 2.05) is 41.3 Å². The number of carbonyl (C=O) groups excluding carboxylic acids is 1. The topological polar surface area (TPSA) is 48.0 Å². The second-order valence-electron chi connectivity index (χ2n) is 7.91. The van der Waals surface area contributed by atoms with Crippen LogP contribution in [0.5, 0.6) is 11.5 Å². The minimum atomic E-state index is -0.363. The number of rotatable bonds is 6. The zero-order valence-electron chi connectivity index (χ0n) is 17.3. The third-order valence-electron chi connectivity index (χ3n) is 5.79. The number of hydrogen-bond donors (Lipinski definition) is 0. The number of para-hydroxylation sites is 1. The fraction of sp³-hybridized carbons (Fsp3) is 0.269. The Bertz CT molecular complexity index is 1040. The molecule has 158 valence electrons. The van der Waals surface area contributed by atoms with Crippen LogP contribution in [0.3, 0.4) is 0 Å². The number of ether oxygens (including phenoxy) is 3. The minimum Gasteiger partial charge on any atom is -0.454 e. The quantitative estimate of drug-likeness (QED) is 0.581. The van der Waals surface area contributed by atoms with Crippen LogP contribution in [0.25, 0.3) is 11.1 Å². The van der Waals surface area contributed by atoms with Crippen LogP contribution >= 0.6 is 0 Å². The molecule has 31 heavy (non-hydrogen) atoms. The standard InChI is InChI=1S/C26H25NO4/c28-26(24-10-5-15-29-24)27(17-22-8-4-9-23-25(22)31-18-30-23)16-19-11-13-21(14-12-19)20-6-2-1-3-7-20/h1-4,6-9,11-14,24H,5,10,15-18H2/t24-/m0/s1. The van der Waals surface area contributed by atoms with Gasteiger partial charge in [-0.15, -0.1) is 0 Å². The van der Waals surface area contributed by atoms with E-state index in [-0.39, 0.29) is 18.8 Å². The van der Waals surface area contributed by atoms with Crippen LogP contribution in [-0.4, -0.2) is 30.3 Å². The molecule has 1 amide bonds. The van der Waals surface area contributed by atoms with Crippen molar-refractivity contribution in [2.75, 3.05) is 13.4 Å². The van der Waals surface area contributed by atoms with Crippen LogP contribution in [-0.2, 0) is 22.6 Å². The Balaban J connectivity index is 1.38. The maximum absolute atomic E-state index is 13.3. The van der Waals surface area contributed by atoms with E-state index in [4.69, 9.17) is 14.2 Å². The van der Waals surface area contributed by atoms with Crippen molar-refractivity contribution in [2.45, 2.75) is 32.0 Å². The first kappa shape index (κ1) is 19.6. The molecule has 1 fully saturated rings. The molecule has 1 saturated heterocycles. The average molecular weight is 415 g/mol. The molecule has 0 bridgehead atoms. The van der Waals surface area contributed by atoms with Crippen molar-refractivity contribution in [3.63, 3.8) is 0 Å². The molecule has 0 N–H and O–H groups in total. The van der Waals surface area contributed by atoms with Crippen LogP contribution in [0.15, 0.2) is 72.8 Å². The van der Waals surface area contributed by atoms with Gasteiger partial charge in [0.05, 0.1) is 0 Å². The average Bonchev–Trinajstić information content (AvgIpc) is 3.52. The predicted molar refractivity (Wildman–Crippen MR) is 118 cm³/mol. The molecule has 2 aliphatic rings. The largest absolute Gasteiger partial charge is 0.454 e. The first-order chi connectivity index (χ1) is 15.3. The SMILES string of the molecule is O=C([C@@H]1CCCO1)N(Cc1ccc(-c2ccccc2)cc1)Cc1cccc2c1OCO2. The summed E-state index contributed by atoms with van der Waals surface area (Å²) in [6.45, 7) is 1.82. The predicted octanol–water partition coefficient (Wildman–Crippen LogP) is 4.79. The van der Waals surface area contributed by atoms with Gasteiger partial charge in [-0.1, -0.05) is 66.7 Å². The van der Waals surface area contributed by atoms with E-state index in [2.05, 4.69) is 36.4 Å². The molecule has 0 aromatic heterocycles. The Labute approximate surface area is 182 Å². The molecule has 5 heteroatoms. The van der Waals surface area contributed by atoms with Crippen LogP contribution < -0.4 is 9.47 Å². The van der Waals surface area contributed by atoms with Gasteiger partial charge in [0.15, 0.2) is 11.5 Å². The van der Waals surface area contributed by atoms with E-state index in [1.54, 1.807) is 0 Å². The Kier molecular flexibility index (Phi) is 5.59. The Hall–Kier alpha value is -3.31. The van der Waals surface area contributed by atoms with Crippen molar-refractivity contribution in [1.29, 1.82) is 0 Å². The van der Waals surface area contributed by atoms with E-state index < -0.39 is 0 Å². The first-order valence-corrected chi connectivity index (χ1v) is 10.7. The molecule has 0 unspecified atom stereocenters. The lowest BCUT2D eigenvalue weighted by molar-refractivity contribution is -0.142. The lowest BCUT2D eigenvalue weighted by atomic mass is 10.0. The highest BCUT2D eigenvalue weighted by molar-refractivity contribution is 5.81. The van der Waals surface area contributed by atoms with Gasteiger partial charge in [-0.2, -0.15) is 0 Å². The van der Waals surface area contributed by atoms with Crippen molar-refractivity contribution < 1.29 is 19.0 Å². The number of hydrogen-bond acceptors (Lipinski definition) is 4. The molecular formula is C26H25NO4. The van der Waals surface area contributed by atoms with Gasteiger partial charge in [0, 0.05) is 25.3 Å². The van der Waals surface area contributed by atoms with Gasteiger partial charge in [-0.3, -0.25) is 4.79 Å². The lowest BCUT2D eigenvalue weighted by Crippen LogP contribution is -2.38. The molecule has 3 aromatic carbocycles. The summed E-state index contributed by atoms with van der Waals surface area (Å²) in [4.78, 5) is 15.1. The lowest BCUT2D eigenvalue weighted by Gasteiger charge is -2.26. The Morgan fingerprint density at radius 3 is 2.45 bits per heavy atom. The zero-order chi connectivity index (χ0) is 21.0. The number of benzene rings is 3. The second kappa shape index (κ2) is 8.82. The maximum atomic E-state index is 13.3. The Morgan fingerprint density at radius 2 is 1.68 bits per heavy atom. The third-order valence-corrected chi connectivity index (χ3v) is 5.79. The molecule has 0 aliphatic carbocycles. The molecule has 0 spiro atoms. The molecule has 5 nitrogen and oxygen atoms in total. The maximum Gasteiger partial charge on any atom is 0.252 e. The number of carbonyl (C=O) groups is 1. The molecular weight excluding hydrogens is 390 g/mol. The van der Waals surface area contributed by atoms with Gasteiger partial charge < -0.3 is 19.1 Å². The molecule has 5 rings (SSSR count). The van der Waals surface area contributed by atoms with E-state index in [0.29, 0.717) is 19.7 Å². The number of fused-ring (bicyclic) bond motifs is 1. The summed E-state index contributed by atoms with van der Waals surface area (Å²) in [6.07, 6.45) is 1.33. The third kappa shape index (κ3) is 4.28. The van der Waals surface area contributed by atoms with E-state index in [1.165, 1.54) is 5.56 Å². The number of nitrogens with zero attached hydrogens (tertiary/aromatic N) is 1. The van der Waals surface area contributed by atoms with Crippen molar-refractivity contribution in [1.82, 2.24) is 4.90 Å². The van der Waals surface area contributed by atoms with Crippen LogP contribution in [0.2, 0.25) is 0 Å². The summed E-state index contributed by atoms with van der Waals surface area (Å²) in [5.74, 6) is 1.49. The van der Waals surface area contributed by atoms with Crippen LogP contribution in [0, 0.1) is 0 Å². The van der Waals surface area contributed by atoms with E-state index in [0.717, 1.165) is 41.0 Å². The van der Waals surface area contributed by atoms with Gasteiger partial charge in [-0.05, 0) is 35.6 Å². The summed E-state index contributed by atoms with van der Waals surface area (Å²) < 4.78 is 16.9. The summed E-state index contributed by atoms with van der Waals surface area (Å²) in [6, 6.07) is 24.5. The molecule has 1 atom stereocenters. The highest BCUT2D eigenvalue weighted by Gasteiger charge is 2.30. The zero-order valence-corrected chi connectivity index (χ0v) is 17.3. The van der Waals surface area contributed by atoms with Gasteiger partial charge >= 0.3 is 0 Å². The molecule has 3 aromatic rings. The first-order valence-electron chi connectivity index (χ1n) is 10.7. The highest BCUT2D eigenvalue weighted by Crippen LogP contribution is 2.36. The van der Waals surface area contributed by atoms with Crippen molar-refractivity contribution >= 4 is 5.91 Å². The van der Waals surface area contributed by atoms with Crippen LogP contribution in [0.4, 0.5) is 0 Å².